The van der Waals surface area contributed by atoms with Gasteiger partial charge in [-0.3, -0.25) is 4.79 Å². The average molecular weight is 296 g/mol. The van der Waals surface area contributed by atoms with E-state index in [0.29, 0.717) is 6.42 Å². The summed E-state index contributed by atoms with van der Waals surface area (Å²) in [5, 5.41) is 2.92. The third kappa shape index (κ3) is 12.2. The third-order valence-electron chi connectivity index (χ3n) is 2.74. The second-order valence-corrected chi connectivity index (χ2v) is 11.9. The average Bonchev–Trinajstić information content (AvgIpc) is 2.25. The largest absolute Gasteiger partial charge is 0.354 e. The number of carbonyl (C=O) groups is 1. The maximum Gasteiger partial charge on any atom is 0.220 e. The summed E-state index contributed by atoms with van der Waals surface area (Å²) in [6, 6.07) is 0.238. The van der Waals surface area contributed by atoms with Gasteiger partial charge in [0.15, 0.2) is 0 Å². The summed E-state index contributed by atoms with van der Waals surface area (Å²) in [5.41, 5.74) is 4.08. The molecule has 0 unspecified atom stereocenters. The highest BCUT2D eigenvalue weighted by Crippen LogP contribution is 2.16. The van der Waals surface area contributed by atoms with Gasteiger partial charge in [0.1, 0.15) is 0 Å². The van der Waals surface area contributed by atoms with Gasteiger partial charge in [-0.1, -0.05) is 56.4 Å². The van der Waals surface area contributed by atoms with Crippen molar-refractivity contribution in [3.63, 3.8) is 0 Å². The normalized spacial score (nSPS) is 13.2. The van der Waals surface area contributed by atoms with E-state index in [4.69, 9.17) is 0 Å². The van der Waals surface area contributed by atoms with Crippen LogP contribution in [0.2, 0.25) is 19.6 Å². The van der Waals surface area contributed by atoms with E-state index in [1.807, 2.05) is 13.8 Å². The quantitative estimate of drug-likeness (QED) is 0.478. The molecular formula is C17H33NOSi. The molecule has 0 atom stereocenters. The Morgan fingerprint density at radius 1 is 1.15 bits per heavy atom. The monoisotopic (exact) mass is 295 g/mol. The molecule has 0 heterocycles. The second-order valence-electron chi connectivity index (χ2n) is 6.86. The fraction of sp³-hybridized carbons (Fsp3) is 0.706. The molecule has 0 aromatic rings. The Labute approximate surface area is 126 Å². The topological polar surface area (TPSA) is 29.1 Å². The van der Waals surface area contributed by atoms with Crippen LogP contribution in [0, 0.1) is 0 Å². The number of amides is 1. The van der Waals surface area contributed by atoms with Crippen LogP contribution < -0.4 is 5.32 Å². The van der Waals surface area contributed by atoms with Crippen molar-refractivity contribution in [2.75, 3.05) is 0 Å². The Morgan fingerprint density at radius 2 is 1.80 bits per heavy atom. The number of rotatable bonds is 9. The van der Waals surface area contributed by atoms with Crippen LogP contribution in [0.25, 0.3) is 0 Å². The molecule has 0 fully saturated rings. The molecular weight excluding hydrogens is 262 g/mol. The number of allylic oxidation sites excluding steroid dienone is 3. The van der Waals surface area contributed by atoms with E-state index in [-0.39, 0.29) is 11.9 Å². The first-order valence-electron chi connectivity index (χ1n) is 7.89. The van der Waals surface area contributed by atoms with Crippen molar-refractivity contribution >= 4 is 14.0 Å². The second kappa shape index (κ2) is 9.98. The number of carbonyl (C=O) groups excluding carboxylic acids is 1. The Kier molecular flexibility index (Phi) is 9.56. The van der Waals surface area contributed by atoms with Crippen LogP contribution in [-0.4, -0.2) is 20.0 Å². The third-order valence-corrected chi connectivity index (χ3v) is 4.02. The summed E-state index contributed by atoms with van der Waals surface area (Å²) in [4.78, 5) is 11.5. The first-order chi connectivity index (χ1) is 9.24. The highest BCUT2D eigenvalue weighted by Gasteiger charge is 2.09. The zero-order chi connectivity index (χ0) is 15.6. The van der Waals surface area contributed by atoms with Crippen LogP contribution in [0.5, 0.6) is 0 Å². The van der Waals surface area contributed by atoms with E-state index in [1.165, 1.54) is 12.8 Å². The van der Waals surface area contributed by atoms with Crippen molar-refractivity contribution < 1.29 is 4.79 Å². The van der Waals surface area contributed by atoms with Crippen LogP contribution in [0.4, 0.5) is 0 Å². The van der Waals surface area contributed by atoms with Crippen molar-refractivity contribution in [2.45, 2.75) is 78.6 Å². The molecule has 0 aliphatic carbocycles. The number of nitrogens with one attached hydrogen (secondary N) is 1. The van der Waals surface area contributed by atoms with Crippen LogP contribution >= 0.6 is 0 Å². The fourth-order valence-electron chi connectivity index (χ4n) is 2.13. The lowest BCUT2D eigenvalue weighted by molar-refractivity contribution is -0.121. The van der Waals surface area contributed by atoms with Gasteiger partial charge in [0.2, 0.25) is 5.91 Å². The van der Waals surface area contributed by atoms with Gasteiger partial charge >= 0.3 is 0 Å². The lowest BCUT2D eigenvalue weighted by atomic mass is 10.1. The molecule has 20 heavy (non-hydrogen) atoms. The van der Waals surface area contributed by atoms with E-state index in [1.54, 1.807) is 5.57 Å². The Bertz CT molecular complexity index is 337. The molecule has 0 bridgehead atoms. The predicted molar refractivity (Wildman–Crippen MR) is 92.6 cm³/mol. The summed E-state index contributed by atoms with van der Waals surface area (Å²) in [5.74, 6) is 0.149. The smallest absolute Gasteiger partial charge is 0.220 e. The molecule has 0 radical (unpaired) electrons. The summed E-state index contributed by atoms with van der Waals surface area (Å²) < 4.78 is 0. The molecule has 0 saturated carbocycles. The number of hydrogen-bond donors (Lipinski definition) is 1. The minimum atomic E-state index is -1.12. The minimum Gasteiger partial charge on any atom is -0.354 e. The van der Waals surface area contributed by atoms with E-state index >= 15 is 0 Å². The van der Waals surface area contributed by atoms with Crippen molar-refractivity contribution in [1.29, 1.82) is 0 Å². The molecule has 1 N–H and O–H groups in total. The van der Waals surface area contributed by atoms with Gasteiger partial charge in [0.25, 0.3) is 0 Å². The highest BCUT2D eigenvalue weighted by molar-refractivity contribution is 6.81. The summed E-state index contributed by atoms with van der Waals surface area (Å²) in [6.07, 6.45) is 9.26. The van der Waals surface area contributed by atoms with Crippen LogP contribution in [0.15, 0.2) is 23.4 Å². The summed E-state index contributed by atoms with van der Waals surface area (Å²) >= 11 is 0. The molecule has 0 rings (SSSR count). The summed E-state index contributed by atoms with van der Waals surface area (Å²) in [7, 11) is -1.12. The van der Waals surface area contributed by atoms with Crippen LogP contribution in [0.3, 0.4) is 0 Å². The van der Waals surface area contributed by atoms with Crippen molar-refractivity contribution in [3.8, 4) is 0 Å². The van der Waals surface area contributed by atoms with E-state index in [0.717, 1.165) is 12.8 Å². The van der Waals surface area contributed by atoms with Gasteiger partial charge in [-0.15, -0.1) is 0 Å². The highest BCUT2D eigenvalue weighted by atomic mass is 28.3. The maximum atomic E-state index is 11.5. The predicted octanol–water partition coefficient (Wildman–Crippen LogP) is 4.84. The van der Waals surface area contributed by atoms with Crippen molar-refractivity contribution in [2.24, 2.45) is 0 Å². The standard InChI is InChI=1S/C17H33NOSi/c1-7-11-16(14-20(4,5)6)12-9-8-10-13-17(19)18-15(2)3/h8-9,14-15H,7,10-13H2,1-6H3,(H,18,19)/b9-8+,16-14+. The lowest BCUT2D eigenvalue weighted by Crippen LogP contribution is -2.29. The molecule has 0 aromatic heterocycles. The Morgan fingerprint density at radius 3 is 2.30 bits per heavy atom. The van der Waals surface area contributed by atoms with Gasteiger partial charge in [0, 0.05) is 12.5 Å². The van der Waals surface area contributed by atoms with E-state index in [9.17, 15) is 4.79 Å². The zero-order valence-corrected chi connectivity index (χ0v) is 15.3. The molecule has 116 valence electrons. The molecule has 1 amide bonds. The number of hydrogen-bond acceptors (Lipinski definition) is 1. The minimum absolute atomic E-state index is 0.149. The fourth-order valence-corrected chi connectivity index (χ4v) is 3.61. The van der Waals surface area contributed by atoms with Crippen molar-refractivity contribution in [3.05, 3.63) is 23.4 Å². The SMILES string of the molecule is CCC/C(=C\[Si](C)(C)C)C/C=C/CCC(=O)NC(C)C. The van der Waals surface area contributed by atoms with Crippen LogP contribution in [-0.2, 0) is 4.79 Å². The molecule has 0 saturated heterocycles. The van der Waals surface area contributed by atoms with Crippen molar-refractivity contribution in [1.82, 2.24) is 5.32 Å². The van der Waals surface area contributed by atoms with Crippen LogP contribution in [0.1, 0.15) is 52.9 Å². The van der Waals surface area contributed by atoms with E-state index < -0.39 is 8.07 Å². The molecule has 3 heteroatoms. The maximum absolute atomic E-state index is 11.5. The van der Waals surface area contributed by atoms with Gasteiger partial charge in [0.05, 0.1) is 8.07 Å². The Balaban J connectivity index is 4.13. The first-order valence-corrected chi connectivity index (χ1v) is 11.5. The molecule has 0 spiro atoms. The molecule has 0 aliphatic heterocycles. The molecule has 0 aliphatic rings. The zero-order valence-electron chi connectivity index (χ0n) is 14.3. The lowest BCUT2D eigenvalue weighted by Gasteiger charge is -2.13. The van der Waals surface area contributed by atoms with Gasteiger partial charge < -0.3 is 5.32 Å². The Hall–Kier alpha value is -0.833. The first kappa shape index (κ1) is 19.2. The summed E-state index contributed by atoms with van der Waals surface area (Å²) in [6.45, 7) is 13.4. The molecule has 2 nitrogen and oxygen atoms in total. The van der Waals surface area contributed by atoms with Gasteiger partial charge in [-0.2, -0.15) is 0 Å². The molecule has 0 aromatic carbocycles. The van der Waals surface area contributed by atoms with E-state index in [2.05, 4.69) is 49.7 Å². The van der Waals surface area contributed by atoms with Gasteiger partial charge in [-0.25, -0.2) is 0 Å². The van der Waals surface area contributed by atoms with Gasteiger partial charge in [-0.05, 0) is 33.1 Å².